The summed E-state index contributed by atoms with van der Waals surface area (Å²) in [6, 6.07) is 5.10. The van der Waals surface area contributed by atoms with E-state index in [0.717, 1.165) is 23.7 Å². The summed E-state index contributed by atoms with van der Waals surface area (Å²) < 4.78 is 14.7. The summed E-state index contributed by atoms with van der Waals surface area (Å²) in [5.41, 5.74) is 0.572. The van der Waals surface area contributed by atoms with Crippen LogP contribution in [0.4, 0.5) is 4.39 Å². The number of aromatic carboxylic acids is 1. The minimum Gasteiger partial charge on any atom is -0.477 e. The van der Waals surface area contributed by atoms with Crippen molar-refractivity contribution in [2.75, 3.05) is 0 Å². The summed E-state index contributed by atoms with van der Waals surface area (Å²) in [5.74, 6) is -0.521. The molecule has 0 radical (unpaired) electrons. The van der Waals surface area contributed by atoms with Gasteiger partial charge in [0.2, 0.25) is 0 Å². The van der Waals surface area contributed by atoms with Crippen LogP contribution in [0.1, 0.15) is 41.4 Å². The number of nitrogens with one attached hydrogen (secondary N) is 1. The van der Waals surface area contributed by atoms with Gasteiger partial charge in [0.1, 0.15) is 10.7 Å². The number of carboxylic acids is 1. The summed E-state index contributed by atoms with van der Waals surface area (Å²) in [6.07, 6.45) is 3.69. The number of thiophene rings is 1. The van der Waals surface area contributed by atoms with Gasteiger partial charge in [-0.05, 0) is 31.4 Å². The van der Waals surface area contributed by atoms with Gasteiger partial charge >= 0.3 is 5.97 Å². The number of carboxylic acid groups (broad SMARTS) is 1. The highest BCUT2D eigenvalue weighted by Gasteiger charge is 2.24. The van der Waals surface area contributed by atoms with Crippen molar-refractivity contribution in [2.45, 2.75) is 38.8 Å². The monoisotopic (exact) mass is 307 g/mol. The zero-order chi connectivity index (χ0) is 15.0. The van der Waals surface area contributed by atoms with Crippen molar-refractivity contribution in [3.8, 4) is 0 Å². The van der Waals surface area contributed by atoms with Crippen molar-refractivity contribution in [2.24, 2.45) is 5.92 Å². The van der Waals surface area contributed by atoms with Crippen LogP contribution < -0.4 is 5.32 Å². The number of hydrogen-bond acceptors (Lipinski definition) is 3. The van der Waals surface area contributed by atoms with Crippen molar-refractivity contribution in [3.05, 3.63) is 34.5 Å². The topological polar surface area (TPSA) is 49.3 Å². The van der Waals surface area contributed by atoms with Gasteiger partial charge in [-0.2, -0.15) is 0 Å². The predicted molar refractivity (Wildman–Crippen MR) is 82.4 cm³/mol. The normalized spacial score (nSPS) is 16.3. The van der Waals surface area contributed by atoms with Gasteiger partial charge in [-0.3, -0.25) is 0 Å². The van der Waals surface area contributed by atoms with Gasteiger partial charge in [0.05, 0.1) is 0 Å². The first-order valence-electron chi connectivity index (χ1n) is 7.23. The quantitative estimate of drug-likeness (QED) is 0.847. The molecular weight excluding hydrogens is 289 g/mol. The van der Waals surface area contributed by atoms with E-state index in [9.17, 15) is 14.3 Å². The maximum absolute atomic E-state index is 14.1. The van der Waals surface area contributed by atoms with Gasteiger partial charge in [-0.1, -0.05) is 18.9 Å². The average molecular weight is 307 g/mol. The van der Waals surface area contributed by atoms with Crippen LogP contribution >= 0.6 is 11.3 Å². The second-order valence-corrected chi connectivity index (χ2v) is 6.84. The fourth-order valence-corrected chi connectivity index (χ4v) is 3.80. The van der Waals surface area contributed by atoms with Gasteiger partial charge in [-0.25, -0.2) is 9.18 Å². The molecule has 1 saturated carbocycles. The van der Waals surface area contributed by atoms with E-state index >= 15 is 0 Å². The van der Waals surface area contributed by atoms with E-state index in [1.807, 2.05) is 0 Å². The zero-order valence-electron chi connectivity index (χ0n) is 11.9. The molecule has 0 spiro atoms. The molecule has 1 aliphatic carbocycles. The summed E-state index contributed by atoms with van der Waals surface area (Å²) in [5, 5.41) is 13.1. The largest absolute Gasteiger partial charge is 0.477 e. The maximum Gasteiger partial charge on any atom is 0.346 e. The van der Waals surface area contributed by atoms with Crippen LogP contribution in [0, 0.1) is 11.7 Å². The van der Waals surface area contributed by atoms with Crippen LogP contribution in [0.25, 0.3) is 10.1 Å². The van der Waals surface area contributed by atoms with Crippen molar-refractivity contribution in [3.63, 3.8) is 0 Å². The molecule has 1 aromatic carbocycles. The Balaban J connectivity index is 1.87. The molecule has 0 amide bonds. The van der Waals surface area contributed by atoms with Gasteiger partial charge in [0.15, 0.2) is 0 Å². The van der Waals surface area contributed by atoms with Crippen molar-refractivity contribution >= 4 is 27.4 Å². The highest BCUT2D eigenvalue weighted by Crippen LogP contribution is 2.35. The third-order valence-electron chi connectivity index (χ3n) is 3.97. The van der Waals surface area contributed by atoms with Crippen molar-refractivity contribution in [1.29, 1.82) is 0 Å². The number of halogens is 1. The Kier molecular flexibility index (Phi) is 3.95. The Bertz CT molecular complexity index is 678. The van der Waals surface area contributed by atoms with Gasteiger partial charge in [0.25, 0.3) is 0 Å². The second-order valence-electron chi connectivity index (χ2n) is 5.79. The molecule has 1 unspecified atom stereocenters. The first kappa shape index (κ1) is 14.5. The molecule has 21 heavy (non-hydrogen) atoms. The van der Waals surface area contributed by atoms with Gasteiger partial charge < -0.3 is 10.4 Å². The lowest BCUT2D eigenvalue weighted by atomic mass is 10.1. The molecule has 2 aromatic rings. The fourth-order valence-electron chi connectivity index (χ4n) is 2.72. The predicted octanol–water partition coefficient (Wildman–Crippen LogP) is 4.02. The number of benzene rings is 1. The van der Waals surface area contributed by atoms with E-state index in [-0.39, 0.29) is 10.7 Å². The average Bonchev–Trinajstić information content (AvgIpc) is 3.15. The van der Waals surface area contributed by atoms with E-state index < -0.39 is 5.97 Å². The molecule has 2 N–H and O–H groups in total. The number of rotatable bonds is 6. The zero-order valence-corrected chi connectivity index (χ0v) is 12.7. The summed E-state index contributed by atoms with van der Waals surface area (Å²) >= 11 is 1.14. The molecule has 5 heteroatoms. The molecule has 1 aromatic heterocycles. The van der Waals surface area contributed by atoms with Crippen LogP contribution in [0.2, 0.25) is 0 Å². The molecule has 0 saturated heterocycles. The highest BCUT2D eigenvalue weighted by atomic mass is 32.1. The SMILES string of the molecule is CC(CC1CC1)NCc1c(C(=O)O)sc2cccc(F)c12. The Hall–Kier alpha value is -1.46. The molecule has 3 nitrogen and oxygen atoms in total. The third kappa shape index (κ3) is 3.09. The molecule has 1 atom stereocenters. The lowest BCUT2D eigenvalue weighted by Crippen LogP contribution is -2.26. The summed E-state index contributed by atoms with van der Waals surface area (Å²) in [7, 11) is 0. The molecule has 0 bridgehead atoms. The maximum atomic E-state index is 14.1. The van der Waals surface area contributed by atoms with Crippen molar-refractivity contribution < 1.29 is 14.3 Å². The van der Waals surface area contributed by atoms with E-state index in [2.05, 4.69) is 12.2 Å². The van der Waals surface area contributed by atoms with Gasteiger partial charge in [-0.15, -0.1) is 11.3 Å². The molecule has 1 aliphatic rings. The first-order valence-corrected chi connectivity index (χ1v) is 8.04. The van der Waals surface area contributed by atoms with E-state index in [1.54, 1.807) is 12.1 Å². The molecule has 112 valence electrons. The molecule has 1 heterocycles. The smallest absolute Gasteiger partial charge is 0.346 e. The Labute approximate surface area is 126 Å². The van der Waals surface area contributed by atoms with Crippen LogP contribution in [-0.2, 0) is 6.54 Å². The van der Waals surface area contributed by atoms with Gasteiger partial charge in [0, 0.05) is 28.2 Å². The second kappa shape index (κ2) is 5.73. The third-order valence-corrected chi connectivity index (χ3v) is 5.15. The lowest BCUT2D eigenvalue weighted by molar-refractivity contribution is 0.0701. The number of carbonyl (C=O) groups is 1. The van der Waals surface area contributed by atoms with Crippen LogP contribution in [0.5, 0.6) is 0 Å². The van der Waals surface area contributed by atoms with Crippen LogP contribution in [0.15, 0.2) is 18.2 Å². The summed E-state index contributed by atoms with van der Waals surface area (Å²) in [6.45, 7) is 2.50. The van der Waals surface area contributed by atoms with E-state index in [0.29, 0.717) is 28.2 Å². The fraction of sp³-hybridized carbons (Fsp3) is 0.438. The molecular formula is C16H18FNO2S. The van der Waals surface area contributed by atoms with Crippen molar-refractivity contribution in [1.82, 2.24) is 5.32 Å². The molecule has 3 rings (SSSR count). The standard InChI is InChI=1S/C16H18FNO2S/c1-9(7-10-5-6-10)18-8-11-14-12(17)3-2-4-13(14)21-15(11)16(19)20/h2-4,9-10,18H,5-8H2,1H3,(H,19,20). The molecule has 0 aliphatic heterocycles. The first-order chi connectivity index (χ1) is 10.1. The molecule has 1 fully saturated rings. The minimum absolute atomic E-state index is 0.237. The summed E-state index contributed by atoms with van der Waals surface area (Å²) in [4.78, 5) is 11.6. The minimum atomic E-state index is -0.984. The Morgan fingerprint density at radius 3 is 2.95 bits per heavy atom. The number of fused-ring (bicyclic) bond motifs is 1. The van der Waals surface area contributed by atoms with E-state index in [1.165, 1.54) is 18.9 Å². The Morgan fingerprint density at radius 2 is 2.29 bits per heavy atom. The lowest BCUT2D eigenvalue weighted by Gasteiger charge is -2.13. The van der Waals surface area contributed by atoms with E-state index in [4.69, 9.17) is 0 Å². The van der Waals surface area contributed by atoms with Crippen LogP contribution in [-0.4, -0.2) is 17.1 Å². The number of hydrogen-bond donors (Lipinski definition) is 2. The van der Waals surface area contributed by atoms with Crippen LogP contribution in [0.3, 0.4) is 0 Å². The highest BCUT2D eigenvalue weighted by molar-refractivity contribution is 7.21. The Morgan fingerprint density at radius 1 is 1.52 bits per heavy atom.